The summed E-state index contributed by atoms with van der Waals surface area (Å²) in [5, 5.41) is 13.9. The summed E-state index contributed by atoms with van der Waals surface area (Å²) in [4.78, 5) is 42.7. The first-order valence-electron chi connectivity index (χ1n) is 13.3. The molecule has 0 saturated carbocycles. The van der Waals surface area contributed by atoms with Crippen LogP contribution >= 0.6 is 11.6 Å². The van der Waals surface area contributed by atoms with Crippen molar-refractivity contribution in [3.63, 3.8) is 0 Å². The fourth-order valence-corrected chi connectivity index (χ4v) is 6.02. The van der Waals surface area contributed by atoms with Crippen LogP contribution < -0.4 is 5.32 Å². The van der Waals surface area contributed by atoms with Crippen molar-refractivity contribution in [2.75, 3.05) is 18.5 Å². The predicted octanol–water partition coefficient (Wildman–Crippen LogP) is 4.49. The van der Waals surface area contributed by atoms with E-state index in [2.05, 4.69) is 5.32 Å². The maximum absolute atomic E-state index is 14.2. The number of halogens is 1. The van der Waals surface area contributed by atoms with Crippen LogP contribution in [0.25, 0.3) is 0 Å². The number of aliphatic hydroxyl groups is 1. The molecule has 202 valence electrons. The lowest BCUT2D eigenvalue weighted by Gasteiger charge is -2.34. The summed E-state index contributed by atoms with van der Waals surface area (Å²) in [7, 11) is 0. The van der Waals surface area contributed by atoms with Gasteiger partial charge in [-0.2, -0.15) is 0 Å². The summed E-state index contributed by atoms with van der Waals surface area (Å²) in [5.74, 6) is -3.23. The van der Waals surface area contributed by atoms with E-state index in [9.17, 15) is 19.5 Å². The Morgan fingerprint density at radius 2 is 1.79 bits per heavy atom. The third-order valence-electron chi connectivity index (χ3n) is 7.53. The number of anilines is 1. The highest BCUT2D eigenvalue weighted by Gasteiger charge is 2.58. The average Bonchev–Trinajstić information content (AvgIpc) is 3.21. The van der Waals surface area contributed by atoms with E-state index in [1.54, 1.807) is 31.2 Å². The van der Waals surface area contributed by atoms with Gasteiger partial charge in [0.2, 0.25) is 11.8 Å². The molecule has 8 heteroatoms. The summed E-state index contributed by atoms with van der Waals surface area (Å²) in [6.07, 6.45) is 5.83. The Labute approximate surface area is 228 Å². The Hall–Kier alpha value is -3.16. The van der Waals surface area contributed by atoms with E-state index in [0.717, 1.165) is 18.4 Å². The lowest BCUT2D eigenvalue weighted by atomic mass is 9.69. The SMILES string of the molecule is CCC[C@@H]1C=C[C@H]2[C@@H](C(=O)N([C@@H](CO)Cc3ccccc3)[C@@H]2C(=O)Nc2ccc(Cl)cc2)[C@@H]1C(=O)OCC. The Bertz CT molecular complexity index is 1150. The molecule has 6 atom stereocenters. The van der Waals surface area contributed by atoms with Gasteiger partial charge in [-0.15, -0.1) is 0 Å². The first-order valence-corrected chi connectivity index (χ1v) is 13.7. The number of aliphatic hydroxyl groups excluding tert-OH is 1. The van der Waals surface area contributed by atoms with Gasteiger partial charge in [0.1, 0.15) is 6.04 Å². The molecule has 2 aromatic rings. The number of amides is 2. The van der Waals surface area contributed by atoms with Gasteiger partial charge in [-0.1, -0.05) is 67.4 Å². The zero-order valence-corrected chi connectivity index (χ0v) is 22.5. The molecule has 0 unspecified atom stereocenters. The van der Waals surface area contributed by atoms with Gasteiger partial charge in [-0.05, 0) is 55.5 Å². The van der Waals surface area contributed by atoms with Crippen molar-refractivity contribution in [2.45, 2.75) is 45.2 Å². The van der Waals surface area contributed by atoms with Gasteiger partial charge in [0, 0.05) is 16.6 Å². The number of esters is 1. The van der Waals surface area contributed by atoms with Gasteiger partial charge in [-0.3, -0.25) is 14.4 Å². The van der Waals surface area contributed by atoms with Crippen molar-refractivity contribution in [2.24, 2.45) is 23.7 Å². The summed E-state index contributed by atoms with van der Waals surface area (Å²) in [6, 6.07) is 14.8. The summed E-state index contributed by atoms with van der Waals surface area (Å²) < 4.78 is 5.43. The van der Waals surface area contributed by atoms with E-state index in [4.69, 9.17) is 16.3 Å². The minimum absolute atomic E-state index is 0.161. The van der Waals surface area contributed by atoms with E-state index in [1.807, 2.05) is 49.4 Å². The second-order valence-corrected chi connectivity index (χ2v) is 10.4. The lowest BCUT2D eigenvalue weighted by Crippen LogP contribution is -2.51. The largest absolute Gasteiger partial charge is 0.466 e. The standard InChI is InChI=1S/C30H35ClN2O5/c1-3-8-20-11-16-24-26(25(20)30(37)38-4-2)29(36)33(23(18-34)17-19-9-6-5-7-10-19)27(24)28(35)32-22-14-12-21(31)13-15-22/h5-7,9-16,20,23-27,34H,3-4,8,17-18H2,1-2H3,(H,32,35)/t20-,23-,24+,25-,26-,27+/m1/s1. The molecule has 0 radical (unpaired) electrons. The number of rotatable bonds is 10. The number of hydrogen-bond acceptors (Lipinski definition) is 5. The van der Waals surface area contributed by atoms with E-state index in [-0.39, 0.29) is 30.9 Å². The highest BCUT2D eigenvalue weighted by molar-refractivity contribution is 6.30. The maximum atomic E-state index is 14.2. The molecule has 2 aliphatic rings. The molecule has 0 bridgehead atoms. The van der Waals surface area contributed by atoms with Crippen LogP contribution in [0.4, 0.5) is 5.69 Å². The molecule has 7 nitrogen and oxygen atoms in total. The van der Waals surface area contributed by atoms with Crippen molar-refractivity contribution in [1.82, 2.24) is 4.90 Å². The molecule has 0 aromatic heterocycles. The lowest BCUT2D eigenvalue weighted by molar-refractivity contribution is -0.156. The van der Waals surface area contributed by atoms with E-state index < -0.39 is 35.8 Å². The second kappa shape index (κ2) is 12.6. The van der Waals surface area contributed by atoms with E-state index in [0.29, 0.717) is 17.1 Å². The maximum Gasteiger partial charge on any atom is 0.310 e. The molecular weight excluding hydrogens is 504 g/mol. The third-order valence-corrected chi connectivity index (χ3v) is 7.78. The minimum atomic E-state index is -0.903. The number of fused-ring (bicyclic) bond motifs is 1. The number of benzene rings is 2. The number of carbonyl (C=O) groups is 3. The fourth-order valence-electron chi connectivity index (χ4n) is 5.89. The molecule has 2 N–H and O–H groups in total. The fraction of sp³-hybridized carbons (Fsp3) is 0.433. The topological polar surface area (TPSA) is 95.9 Å². The van der Waals surface area contributed by atoms with Crippen LogP contribution in [0.3, 0.4) is 0 Å². The van der Waals surface area contributed by atoms with Crippen LogP contribution in [0.5, 0.6) is 0 Å². The van der Waals surface area contributed by atoms with Crippen LogP contribution in [0.15, 0.2) is 66.7 Å². The number of hydrogen-bond donors (Lipinski definition) is 2. The molecule has 2 amide bonds. The Kier molecular flexibility index (Phi) is 9.23. The second-order valence-electron chi connectivity index (χ2n) is 9.93. The molecule has 1 aliphatic heterocycles. The van der Waals surface area contributed by atoms with Crippen molar-refractivity contribution in [3.8, 4) is 0 Å². The van der Waals surface area contributed by atoms with Crippen molar-refractivity contribution in [3.05, 3.63) is 77.3 Å². The molecular formula is C30H35ClN2O5. The first kappa shape index (κ1) is 27.9. The Morgan fingerprint density at radius 1 is 1.08 bits per heavy atom. The van der Waals surface area contributed by atoms with Crippen molar-refractivity contribution >= 4 is 35.1 Å². The Morgan fingerprint density at radius 3 is 2.42 bits per heavy atom. The first-order chi connectivity index (χ1) is 18.4. The number of allylic oxidation sites excluding steroid dienone is 1. The summed E-state index contributed by atoms with van der Waals surface area (Å²) in [6.45, 7) is 3.67. The van der Waals surface area contributed by atoms with Crippen LogP contribution in [-0.4, -0.2) is 53.1 Å². The van der Waals surface area contributed by atoms with Crippen LogP contribution in [-0.2, 0) is 25.5 Å². The molecule has 0 spiro atoms. The van der Waals surface area contributed by atoms with Gasteiger partial charge in [0.15, 0.2) is 0 Å². The predicted molar refractivity (Wildman–Crippen MR) is 146 cm³/mol. The molecule has 1 heterocycles. The number of nitrogens with one attached hydrogen (secondary N) is 1. The third kappa shape index (κ3) is 5.79. The van der Waals surface area contributed by atoms with Crippen LogP contribution in [0.1, 0.15) is 32.3 Å². The number of ether oxygens (including phenoxy) is 1. The minimum Gasteiger partial charge on any atom is -0.466 e. The molecule has 1 saturated heterocycles. The zero-order chi connectivity index (χ0) is 27.2. The average molecular weight is 539 g/mol. The molecule has 1 fully saturated rings. The highest BCUT2D eigenvalue weighted by atomic mass is 35.5. The summed E-state index contributed by atoms with van der Waals surface area (Å²) in [5.41, 5.74) is 1.48. The summed E-state index contributed by atoms with van der Waals surface area (Å²) >= 11 is 6.01. The highest BCUT2D eigenvalue weighted by Crippen LogP contribution is 2.46. The van der Waals surface area contributed by atoms with Crippen LogP contribution in [0.2, 0.25) is 5.02 Å². The van der Waals surface area contributed by atoms with Crippen molar-refractivity contribution < 1.29 is 24.2 Å². The van der Waals surface area contributed by atoms with Gasteiger partial charge >= 0.3 is 5.97 Å². The van der Waals surface area contributed by atoms with Crippen LogP contribution in [0, 0.1) is 23.7 Å². The quantitative estimate of drug-likeness (QED) is 0.343. The molecule has 2 aromatic carbocycles. The van der Waals surface area contributed by atoms with E-state index >= 15 is 0 Å². The van der Waals surface area contributed by atoms with Gasteiger partial charge in [-0.25, -0.2) is 0 Å². The smallest absolute Gasteiger partial charge is 0.310 e. The molecule has 38 heavy (non-hydrogen) atoms. The van der Waals surface area contributed by atoms with Gasteiger partial charge in [0.05, 0.1) is 31.1 Å². The zero-order valence-electron chi connectivity index (χ0n) is 21.8. The number of likely N-dealkylation sites (tertiary alicyclic amines) is 1. The molecule has 1 aliphatic carbocycles. The number of carbonyl (C=O) groups excluding carboxylic acids is 3. The number of nitrogens with zero attached hydrogens (tertiary/aromatic N) is 1. The monoisotopic (exact) mass is 538 g/mol. The Balaban J connectivity index is 1.74. The normalized spacial score (nSPS) is 25.1. The van der Waals surface area contributed by atoms with E-state index in [1.165, 1.54) is 4.90 Å². The van der Waals surface area contributed by atoms with Gasteiger partial charge in [0.25, 0.3) is 0 Å². The molecule has 4 rings (SSSR count). The van der Waals surface area contributed by atoms with Crippen molar-refractivity contribution in [1.29, 1.82) is 0 Å². The van der Waals surface area contributed by atoms with Gasteiger partial charge < -0.3 is 20.1 Å².